The highest BCUT2D eigenvalue weighted by Gasteiger charge is 2.24. The number of ether oxygens (including phenoxy) is 1. The molecule has 2 atom stereocenters. The van der Waals surface area contributed by atoms with Gasteiger partial charge in [0.2, 0.25) is 11.8 Å². The Morgan fingerprint density at radius 3 is 1.70 bits per heavy atom. The Morgan fingerprint density at radius 1 is 1.09 bits per heavy atom. The summed E-state index contributed by atoms with van der Waals surface area (Å²) in [6.07, 6.45) is 0.966. The highest BCUT2D eigenvalue weighted by molar-refractivity contribution is 5.80. The lowest BCUT2D eigenvalue weighted by Crippen LogP contribution is -2.47. The second-order valence-electron chi connectivity index (χ2n) is 6.86. The van der Waals surface area contributed by atoms with Crippen LogP contribution < -0.4 is 0 Å². The third-order valence-corrected chi connectivity index (χ3v) is 3.12. The van der Waals surface area contributed by atoms with Crippen molar-refractivity contribution in [1.82, 2.24) is 9.80 Å². The van der Waals surface area contributed by atoms with Gasteiger partial charge >= 0.3 is 0 Å². The molecule has 1 fully saturated rings. The third kappa shape index (κ3) is 10.3. The van der Waals surface area contributed by atoms with E-state index in [4.69, 9.17) is 4.74 Å². The first-order valence-electron chi connectivity index (χ1n) is 8.64. The van der Waals surface area contributed by atoms with Crippen LogP contribution >= 0.6 is 0 Å². The summed E-state index contributed by atoms with van der Waals surface area (Å²) in [5, 5.41) is 0. The van der Waals surface area contributed by atoms with Crippen LogP contribution in [0, 0.1) is 5.41 Å². The maximum Gasteiger partial charge on any atom is 0.227 e. The van der Waals surface area contributed by atoms with Crippen LogP contribution in [0.15, 0.2) is 0 Å². The van der Waals surface area contributed by atoms with E-state index < -0.39 is 0 Å². The smallest absolute Gasteiger partial charge is 0.227 e. The van der Waals surface area contributed by atoms with Gasteiger partial charge in [0, 0.05) is 39.0 Å². The van der Waals surface area contributed by atoms with Crippen molar-refractivity contribution < 1.29 is 14.3 Å². The molecule has 0 aromatic carbocycles. The van der Waals surface area contributed by atoms with E-state index in [1.54, 1.807) is 19.0 Å². The van der Waals surface area contributed by atoms with Crippen LogP contribution in [0.4, 0.5) is 0 Å². The monoisotopic (exact) mass is 330 g/mol. The second-order valence-corrected chi connectivity index (χ2v) is 6.86. The third-order valence-electron chi connectivity index (χ3n) is 3.12. The van der Waals surface area contributed by atoms with Crippen molar-refractivity contribution in [3.05, 3.63) is 0 Å². The Balaban J connectivity index is 0. The fourth-order valence-electron chi connectivity index (χ4n) is 2.28. The molecular formula is C18H38N2O3. The van der Waals surface area contributed by atoms with E-state index in [0.29, 0.717) is 6.42 Å². The summed E-state index contributed by atoms with van der Waals surface area (Å²) in [5.41, 5.74) is -0.233. The van der Waals surface area contributed by atoms with Gasteiger partial charge in [-0.1, -0.05) is 41.5 Å². The second kappa shape index (κ2) is 11.4. The van der Waals surface area contributed by atoms with E-state index >= 15 is 0 Å². The number of nitrogens with zero attached hydrogens (tertiary/aromatic N) is 2. The van der Waals surface area contributed by atoms with Crippen molar-refractivity contribution in [3.63, 3.8) is 0 Å². The Kier molecular flexibility index (Phi) is 12.0. The molecule has 1 saturated heterocycles. The zero-order valence-electron chi connectivity index (χ0n) is 16.9. The normalized spacial score (nSPS) is 20.5. The van der Waals surface area contributed by atoms with E-state index in [-0.39, 0.29) is 29.4 Å². The van der Waals surface area contributed by atoms with Gasteiger partial charge in [0.25, 0.3) is 0 Å². The summed E-state index contributed by atoms with van der Waals surface area (Å²) in [7, 11) is 3.54. The largest absolute Gasteiger partial charge is 0.372 e. The number of amides is 2. The van der Waals surface area contributed by atoms with Crippen molar-refractivity contribution in [2.24, 2.45) is 5.41 Å². The molecule has 0 unspecified atom stereocenters. The lowest BCUT2D eigenvalue weighted by atomic mass is 9.95. The van der Waals surface area contributed by atoms with Gasteiger partial charge in [-0.05, 0) is 13.8 Å². The van der Waals surface area contributed by atoms with Crippen molar-refractivity contribution >= 4 is 11.8 Å². The minimum absolute atomic E-state index is 0.169. The van der Waals surface area contributed by atoms with Crippen molar-refractivity contribution in [3.8, 4) is 0 Å². The molecule has 0 saturated carbocycles. The lowest BCUT2D eigenvalue weighted by Gasteiger charge is -2.35. The number of morpholine rings is 1. The molecule has 1 heterocycles. The topological polar surface area (TPSA) is 49.9 Å². The van der Waals surface area contributed by atoms with E-state index in [1.807, 2.05) is 60.3 Å². The van der Waals surface area contributed by atoms with Crippen LogP contribution in [0.2, 0.25) is 0 Å². The SMILES string of the molecule is CC.CCC(=O)N1C[C@@H](C)O[C@@H](C)C1.CN(C)C(=O)C(C)(C)C. The highest BCUT2D eigenvalue weighted by atomic mass is 16.5. The van der Waals surface area contributed by atoms with Gasteiger partial charge in [-0.3, -0.25) is 9.59 Å². The van der Waals surface area contributed by atoms with Gasteiger partial charge in [0.1, 0.15) is 0 Å². The lowest BCUT2D eigenvalue weighted by molar-refractivity contribution is -0.142. The van der Waals surface area contributed by atoms with Gasteiger partial charge in [0.05, 0.1) is 12.2 Å². The molecule has 0 aromatic heterocycles. The summed E-state index contributed by atoms with van der Waals surface area (Å²) < 4.78 is 5.52. The van der Waals surface area contributed by atoms with Crippen LogP contribution in [0.1, 0.15) is 61.8 Å². The number of carbonyl (C=O) groups is 2. The average Bonchev–Trinajstić information content (AvgIpc) is 2.46. The fraction of sp³-hybridized carbons (Fsp3) is 0.889. The molecule has 1 aliphatic rings. The molecule has 0 bridgehead atoms. The summed E-state index contributed by atoms with van der Waals surface area (Å²) in [6.45, 7) is 17.1. The summed E-state index contributed by atoms with van der Waals surface area (Å²) in [5.74, 6) is 0.402. The van der Waals surface area contributed by atoms with Crippen LogP contribution in [-0.2, 0) is 14.3 Å². The minimum Gasteiger partial charge on any atom is -0.372 e. The van der Waals surface area contributed by atoms with Crippen molar-refractivity contribution in [2.45, 2.75) is 74.0 Å². The molecule has 1 aliphatic heterocycles. The van der Waals surface area contributed by atoms with Gasteiger partial charge in [-0.15, -0.1) is 0 Å². The van der Waals surface area contributed by atoms with E-state index in [0.717, 1.165) is 13.1 Å². The fourth-order valence-corrected chi connectivity index (χ4v) is 2.28. The molecule has 23 heavy (non-hydrogen) atoms. The number of rotatable bonds is 1. The average molecular weight is 331 g/mol. The van der Waals surface area contributed by atoms with Crippen LogP contribution in [0.25, 0.3) is 0 Å². The molecule has 0 aliphatic carbocycles. The molecule has 138 valence electrons. The summed E-state index contributed by atoms with van der Waals surface area (Å²) in [4.78, 5) is 25.9. The minimum atomic E-state index is -0.233. The summed E-state index contributed by atoms with van der Waals surface area (Å²) in [6, 6.07) is 0. The standard InChI is InChI=1S/C9H17NO2.C7H15NO.C2H6/c1-4-9(11)10-5-7(2)12-8(3)6-10;1-7(2,3)6(9)8(4)5;1-2/h7-8H,4-6H2,1-3H3;1-5H3;1-2H3/t7-,8+;;. The number of hydrogen-bond acceptors (Lipinski definition) is 3. The molecule has 2 amide bonds. The maximum absolute atomic E-state index is 11.3. The predicted molar refractivity (Wildman–Crippen MR) is 96.4 cm³/mol. The number of hydrogen-bond donors (Lipinski definition) is 0. The molecule has 0 radical (unpaired) electrons. The molecule has 1 rings (SSSR count). The van der Waals surface area contributed by atoms with Gasteiger partial charge in [-0.25, -0.2) is 0 Å². The van der Waals surface area contributed by atoms with Gasteiger partial charge in [0.15, 0.2) is 0 Å². The molecule has 5 nitrogen and oxygen atoms in total. The van der Waals surface area contributed by atoms with E-state index in [1.165, 1.54) is 0 Å². The van der Waals surface area contributed by atoms with Crippen LogP contribution in [0.3, 0.4) is 0 Å². The van der Waals surface area contributed by atoms with Gasteiger partial charge in [-0.2, -0.15) is 0 Å². The molecule has 0 N–H and O–H groups in total. The Labute approximate surface area is 143 Å². The van der Waals surface area contributed by atoms with Crippen LogP contribution in [-0.4, -0.2) is 61.0 Å². The highest BCUT2D eigenvalue weighted by Crippen LogP contribution is 2.14. The first-order chi connectivity index (χ1) is 10.5. The quantitative estimate of drug-likeness (QED) is 0.742. The maximum atomic E-state index is 11.3. The molecule has 0 aromatic rings. The van der Waals surface area contributed by atoms with Crippen molar-refractivity contribution in [1.29, 1.82) is 0 Å². The first kappa shape index (κ1) is 24.2. The summed E-state index contributed by atoms with van der Waals surface area (Å²) >= 11 is 0. The zero-order valence-corrected chi connectivity index (χ0v) is 16.9. The molecule has 0 spiro atoms. The Hall–Kier alpha value is -1.10. The molecule has 5 heteroatoms. The van der Waals surface area contributed by atoms with E-state index in [9.17, 15) is 9.59 Å². The Morgan fingerprint density at radius 2 is 1.48 bits per heavy atom. The van der Waals surface area contributed by atoms with E-state index in [2.05, 4.69) is 0 Å². The molecular weight excluding hydrogens is 292 g/mol. The Bertz CT molecular complexity index is 339. The predicted octanol–water partition coefficient (Wildman–Crippen LogP) is 3.18. The zero-order chi connectivity index (χ0) is 18.8. The first-order valence-corrected chi connectivity index (χ1v) is 8.64. The van der Waals surface area contributed by atoms with Gasteiger partial charge < -0.3 is 14.5 Å². The van der Waals surface area contributed by atoms with Crippen LogP contribution in [0.5, 0.6) is 0 Å². The van der Waals surface area contributed by atoms with Crippen molar-refractivity contribution in [2.75, 3.05) is 27.2 Å². The number of carbonyl (C=O) groups excluding carboxylic acids is 2.